The molecule has 4 aromatic rings. The van der Waals surface area contributed by atoms with E-state index in [1.54, 1.807) is 24.3 Å². The number of hydrogen-bond acceptors (Lipinski definition) is 7. The van der Waals surface area contributed by atoms with Crippen LogP contribution in [0.5, 0.6) is 0 Å². The predicted molar refractivity (Wildman–Crippen MR) is 144 cm³/mol. The van der Waals surface area contributed by atoms with Crippen molar-refractivity contribution in [2.75, 3.05) is 14.2 Å². The zero-order valence-electron chi connectivity index (χ0n) is 21.3. The molecule has 7 nitrogen and oxygen atoms in total. The van der Waals surface area contributed by atoms with E-state index in [1.807, 2.05) is 60.7 Å². The summed E-state index contributed by atoms with van der Waals surface area (Å²) in [6.45, 7) is 0. The highest BCUT2D eigenvalue weighted by Gasteiger charge is 2.62. The van der Waals surface area contributed by atoms with E-state index in [2.05, 4.69) is 12.1 Å². The Morgan fingerprint density at radius 3 is 1.82 bits per heavy atom. The molecule has 1 N–H and O–H groups in total. The summed E-state index contributed by atoms with van der Waals surface area (Å²) >= 11 is 0. The van der Waals surface area contributed by atoms with Crippen LogP contribution in [-0.4, -0.2) is 31.3 Å². The first-order valence-corrected chi connectivity index (χ1v) is 12.3. The van der Waals surface area contributed by atoms with E-state index in [1.165, 1.54) is 0 Å². The zero-order chi connectivity index (χ0) is 27.7. The highest BCUT2D eigenvalue weighted by atomic mass is 16.5. The standard InChI is InChI=1S/C32H24N2O5/c1-38-30(36)25-27(23-15-7-11-19-9-3-5-13-21(19)23)32(17-33,18-34)28(26(29(25)35)31(37)39-2)24-16-8-12-20-10-4-6-14-22(20)24/h3-16,25,27-28,35H,1-2H3/t25-,27+,28-/m1/s1. The molecule has 4 aromatic carbocycles. The number of nitrogens with zero attached hydrogens (tertiary/aromatic N) is 2. The lowest BCUT2D eigenvalue weighted by molar-refractivity contribution is -0.147. The minimum absolute atomic E-state index is 0.316. The molecule has 0 fully saturated rings. The number of methoxy groups -OCH3 is 2. The van der Waals surface area contributed by atoms with Crippen LogP contribution >= 0.6 is 0 Å². The summed E-state index contributed by atoms with van der Waals surface area (Å²) in [5, 5.41) is 36.6. The first kappa shape index (κ1) is 25.5. The van der Waals surface area contributed by atoms with Gasteiger partial charge in [0.1, 0.15) is 11.7 Å². The molecule has 5 rings (SSSR count). The van der Waals surface area contributed by atoms with Gasteiger partial charge in [0.25, 0.3) is 0 Å². The minimum Gasteiger partial charge on any atom is -0.511 e. The van der Waals surface area contributed by atoms with Gasteiger partial charge >= 0.3 is 11.9 Å². The summed E-state index contributed by atoms with van der Waals surface area (Å²) in [6, 6.07) is 30.0. The Morgan fingerprint density at radius 1 is 0.769 bits per heavy atom. The Morgan fingerprint density at radius 2 is 1.28 bits per heavy atom. The van der Waals surface area contributed by atoms with Crippen LogP contribution in [0.15, 0.2) is 96.3 Å². The third-order valence-electron chi connectivity index (χ3n) is 7.66. The lowest BCUT2D eigenvalue weighted by Crippen LogP contribution is -2.47. The Balaban J connectivity index is 1.97. The Labute approximate surface area is 225 Å². The van der Waals surface area contributed by atoms with Crippen molar-refractivity contribution in [3.63, 3.8) is 0 Å². The number of hydrogen-bond donors (Lipinski definition) is 1. The summed E-state index contributed by atoms with van der Waals surface area (Å²) in [5.74, 6) is -6.35. The second-order valence-electron chi connectivity index (χ2n) is 9.43. The van der Waals surface area contributed by atoms with E-state index in [0.29, 0.717) is 21.9 Å². The Hall–Kier alpha value is -5.14. The molecule has 0 aliphatic heterocycles. The molecule has 0 aromatic heterocycles. The Bertz CT molecular complexity index is 1720. The molecule has 0 bridgehead atoms. The fourth-order valence-corrected chi connectivity index (χ4v) is 5.99. The lowest BCUT2D eigenvalue weighted by Gasteiger charge is -2.44. The number of ether oxygens (including phenoxy) is 2. The van der Waals surface area contributed by atoms with Gasteiger partial charge < -0.3 is 14.6 Å². The van der Waals surface area contributed by atoms with Crippen molar-refractivity contribution < 1.29 is 24.2 Å². The fourth-order valence-electron chi connectivity index (χ4n) is 5.99. The van der Waals surface area contributed by atoms with E-state index in [-0.39, 0.29) is 5.57 Å². The maximum Gasteiger partial charge on any atom is 0.337 e. The molecule has 1 aliphatic rings. The second-order valence-corrected chi connectivity index (χ2v) is 9.43. The van der Waals surface area contributed by atoms with Crippen LogP contribution in [0.3, 0.4) is 0 Å². The number of carbonyl (C=O) groups is 2. The molecule has 192 valence electrons. The van der Waals surface area contributed by atoms with Gasteiger partial charge in [-0.15, -0.1) is 0 Å². The number of aliphatic hydroxyl groups excluding tert-OH is 1. The number of benzene rings is 4. The summed E-state index contributed by atoms with van der Waals surface area (Å²) < 4.78 is 10.1. The number of rotatable bonds is 4. The van der Waals surface area contributed by atoms with Gasteiger partial charge in [0.15, 0.2) is 5.41 Å². The van der Waals surface area contributed by atoms with Crippen LogP contribution in [0.1, 0.15) is 23.0 Å². The van der Waals surface area contributed by atoms with Gasteiger partial charge in [-0.1, -0.05) is 84.9 Å². The maximum atomic E-state index is 13.3. The molecular weight excluding hydrogens is 492 g/mol. The highest BCUT2D eigenvalue weighted by Crippen LogP contribution is 2.60. The van der Waals surface area contributed by atoms with Crippen LogP contribution in [-0.2, 0) is 19.1 Å². The Kier molecular flexibility index (Phi) is 6.52. The molecule has 0 heterocycles. The summed E-state index contributed by atoms with van der Waals surface area (Å²) in [7, 11) is 2.30. The first-order valence-electron chi connectivity index (χ1n) is 12.3. The molecule has 7 heteroatoms. The fraction of sp³-hybridized carbons (Fsp3) is 0.188. The molecule has 0 spiro atoms. The van der Waals surface area contributed by atoms with Gasteiger partial charge in [-0.3, -0.25) is 4.79 Å². The van der Waals surface area contributed by atoms with Gasteiger partial charge in [-0.25, -0.2) is 4.79 Å². The van der Waals surface area contributed by atoms with Crippen molar-refractivity contribution in [3.8, 4) is 12.1 Å². The van der Waals surface area contributed by atoms with E-state index in [9.17, 15) is 25.2 Å². The largest absolute Gasteiger partial charge is 0.511 e. The van der Waals surface area contributed by atoms with Crippen molar-refractivity contribution in [3.05, 3.63) is 107 Å². The van der Waals surface area contributed by atoms with Crippen molar-refractivity contribution in [1.29, 1.82) is 10.5 Å². The third kappa shape index (κ3) is 3.79. The van der Waals surface area contributed by atoms with E-state index in [4.69, 9.17) is 9.47 Å². The highest BCUT2D eigenvalue weighted by molar-refractivity contribution is 5.97. The molecule has 0 saturated carbocycles. The quantitative estimate of drug-likeness (QED) is 0.346. The molecule has 1 aliphatic carbocycles. The molecular formula is C32H24N2O5. The van der Waals surface area contributed by atoms with E-state index < -0.39 is 40.9 Å². The second kappa shape index (κ2) is 9.96. The number of carbonyl (C=O) groups excluding carboxylic acids is 2. The summed E-state index contributed by atoms with van der Waals surface area (Å²) in [4.78, 5) is 26.7. The molecule has 39 heavy (non-hydrogen) atoms. The van der Waals surface area contributed by atoms with E-state index >= 15 is 0 Å². The molecule has 0 saturated heterocycles. The predicted octanol–water partition coefficient (Wildman–Crippen LogP) is 5.68. The maximum absolute atomic E-state index is 13.3. The van der Waals surface area contributed by atoms with Crippen LogP contribution < -0.4 is 0 Å². The van der Waals surface area contributed by atoms with Crippen LogP contribution in [0, 0.1) is 34.0 Å². The number of esters is 2. The van der Waals surface area contributed by atoms with Crippen LogP contribution in [0.25, 0.3) is 21.5 Å². The molecule has 3 atom stereocenters. The van der Waals surface area contributed by atoms with Gasteiger partial charge in [-0.05, 0) is 32.7 Å². The average Bonchev–Trinajstić information content (AvgIpc) is 2.99. The van der Waals surface area contributed by atoms with Gasteiger partial charge in [0.05, 0.1) is 37.8 Å². The summed E-state index contributed by atoms with van der Waals surface area (Å²) in [6.07, 6.45) is 0. The van der Waals surface area contributed by atoms with Crippen LogP contribution in [0.2, 0.25) is 0 Å². The molecule has 0 amide bonds. The van der Waals surface area contributed by atoms with Crippen molar-refractivity contribution in [2.45, 2.75) is 11.8 Å². The average molecular weight is 517 g/mol. The first-order chi connectivity index (χ1) is 18.9. The zero-order valence-corrected chi connectivity index (χ0v) is 21.3. The van der Waals surface area contributed by atoms with Crippen molar-refractivity contribution >= 4 is 33.5 Å². The van der Waals surface area contributed by atoms with Gasteiger partial charge in [0, 0.05) is 5.92 Å². The van der Waals surface area contributed by atoms with Gasteiger partial charge in [0.2, 0.25) is 0 Å². The molecule has 0 unspecified atom stereocenters. The van der Waals surface area contributed by atoms with E-state index in [0.717, 1.165) is 25.0 Å². The summed E-state index contributed by atoms with van der Waals surface area (Å²) in [5.41, 5.74) is -1.35. The monoisotopic (exact) mass is 516 g/mol. The number of aliphatic hydroxyl groups is 1. The number of nitriles is 2. The number of fused-ring (bicyclic) bond motifs is 2. The van der Waals surface area contributed by atoms with Crippen LogP contribution in [0.4, 0.5) is 0 Å². The van der Waals surface area contributed by atoms with Gasteiger partial charge in [-0.2, -0.15) is 10.5 Å². The van der Waals surface area contributed by atoms with Crippen molar-refractivity contribution in [2.24, 2.45) is 11.3 Å². The smallest absolute Gasteiger partial charge is 0.337 e. The van der Waals surface area contributed by atoms with Crippen molar-refractivity contribution in [1.82, 2.24) is 0 Å². The molecule has 0 radical (unpaired) electrons. The SMILES string of the molecule is COC(=O)C1=C(O)[C@H](C(=O)OC)[C@H](c2cccc3ccccc23)C(C#N)(C#N)[C@@H]1c1cccc2ccccc12. The minimum atomic E-state index is -2.02. The lowest BCUT2D eigenvalue weighted by atomic mass is 9.53. The third-order valence-corrected chi connectivity index (χ3v) is 7.66. The normalized spacial score (nSPS) is 20.2. The topological polar surface area (TPSA) is 120 Å².